The number of amides is 2. The molecule has 11 nitrogen and oxygen atoms in total. The molecule has 0 bridgehead atoms. The van der Waals surface area contributed by atoms with Crippen LogP contribution in [0, 0.1) is 12.3 Å². The normalized spacial score (nSPS) is 15.4. The first-order chi connectivity index (χ1) is 16.4. The molecule has 2 heterocycles. The van der Waals surface area contributed by atoms with Crippen molar-refractivity contribution >= 4 is 29.1 Å². The van der Waals surface area contributed by atoms with E-state index in [1.165, 1.54) is 21.9 Å². The zero-order valence-electron chi connectivity index (χ0n) is 19.7. The van der Waals surface area contributed by atoms with E-state index in [1.807, 2.05) is 6.92 Å². The second kappa shape index (κ2) is 8.49. The van der Waals surface area contributed by atoms with Crippen LogP contribution in [0.15, 0.2) is 44.3 Å². The summed E-state index contributed by atoms with van der Waals surface area (Å²) in [4.78, 5) is 51.2. The van der Waals surface area contributed by atoms with Crippen molar-refractivity contribution in [2.75, 3.05) is 37.8 Å². The quantitative estimate of drug-likeness (QED) is 0.294. The topological polar surface area (TPSA) is 152 Å². The zero-order chi connectivity index (χ0) is 25.7. The number of phenols is 1. The molecule has 1 aliphatic heterocycles. The molecule has 1 aliphatic rings. The third-order valence-corrected chi connectivity index (χ3v) is 6.25. The number of likely N-dealkylation sites (tertiary alicyclic amines) is 1. The molecule has 0 saturated carbocycles. The summed E-state index contributed by atoms with van der Waals surface area (Å²) < 4.78 is 5.78. The van der Waals surface area contributed by atoms with Crippen molar-refractivity contribution < 1.29 is 24.2 Å². The molecule has 35 heavy (non-hydrogen) atoms. The van der Waals surface area contributed by atoms with E-state index in [4.69, 9.17) is 4.42 Å². The molecule has 2 aromatic carbocycles. The molecule has 0 aliphatic carbocycles. The molecular weight excluding hydrogens is 456 g/mol. The summed E-state index contributed by atoms with van der Waals surface area (Å²) in [5, 5.41) is 25.8. The van der Waals surface area contributed by atoms with E-state index in [1.54, 1.807) is 39.2 Å². The van der Waals surface area contributed by atoms with Gasteiger partial charge in [0.2, 0.25) is 0 Å². The van der Waals surface area contributed by atoms with E-state index in [-0.39, 0.29) is 41.5 Å². The van der Waals surface area contributed by atoms with Gasteiger partial charge in [-0.2, -0.15) is 0 Å². The van der Waals surface area contributed by atoms with Crippen LogP contribution in [0.4, 0.5) is 21.9 Å². The summed E-state index contributed by atoms with van der Waals surface area (Å²) in [6.07, 6.45) is -1.05. The van der Waals surface area contributed by atoms with Crippen molar-refractivity contribution in [3.8, 4) is 5.75 Å². The lowest BCUT2D eigenvalue weighted by molar-refractivity contribution is 0.00516. The SMILES string of the molecule is Cc1ccc(C(Nc2c(Nc3cccc(C(=O)N(C)C)c3O)c(=O)c2=O)C2(C)CN(C(=O)O)C2)o1. The van der Waals surface area contributed by atoms with Crippen LogP contribution in [-0.4, -0.2) is 59.2 Å². The smallest absolute Gasteiger partial charge is 0.407 e. The highest BCUT2D eigenvalue weighted by Gasteiger charge is 2.49. The summed E-state index contributed by atoms with van der Waals surface area (Å²) in [5.41, 5.74) is -2.09. The number of carbonyl (C=O) groups excluding carboxylic acids is 1. The van der Waals surface area contributed by atoms with Gasteiger partial charge in [-0.1, -0.05) is 13.0 Å². The molecule has 1 saturated heterocycles. The highest BCUT2D eigenvalue weighted by Crippen LogP contribution is 2.45. The third kappa shape index (κ3) is 4.09. The lowest BCUT2D eigenvalue weighted by atomic mass is 9.74. The van der Waals surface area contributed by atoms with Crippen molar-refractivity contribution in [2.45, 2.75) is 19.9 Å². The molecule has 0 spiro atoms. The minimum Gasteiger partial charge on any atom is -0.505 e. The Bertz CT molecular complexity index is 1380. The Hall–Kier alpha value is -4.28. The van der Waals surface area contributed by atoms with Crippen LogP contribution in [0.5, 0.6) is 5.75 Å². The van der Waals surface area contributed by atoms with Gasteiger partial charge >= 0.3 is 6.09 Å². The van der Waals surface area contributed by atoms with Gasteiger partial charge in [0.25, 0.3) is 16.8 Å². The van der Waals surface area contributed by atoms with Gasteiger partial charge in [-0.3, -0.25) is 14.4 Å². The van der Waals surface area contributed by atoms with Gasteiger partial charge < -0.3 is 35.1 Å². The Morgan fingerprint density at radius 2 is 1.77 bits per heavy atom. The second-order valence-electron chi connectivity index (χ2n) is 9.25. The number of para-hydroxylation sites is 1. The average molecular weight is 482 g/mol. The first-order valence-corrected chi connectivity index (χ1v) is 10.9. The Morgan fingerprint density at radius 3 is 2.34 bits per heavy atom. The molecule has 1 aromatic heterocycles. The van der Waals surface area contributed by atoms with Crippen LogP contribution in [-0.2, 0) is 0 Å². The van der Waals surface area contributed by atoms with Crippen molar-refractivity contribution in [3.05, 3.63) is 67.9 Å². The average Bonchev–Trinajstić information content (AvgIpc) is 3.22. The van der Waals surface area contributed by atoms with Crippen LogP contribution >= 0.6 is 0 Å². The monoisotopic (exact) mass is 482 g/mol. The predicted molar refractivity (Wildman–Crippen MR) is 128 cm³/mol. The number of hydrogen-bond acceptors (Lipinski definition) is 8. The molecule has 1 atom stereocenters. The Morgan fingerprint density at radius 1 is 1.11 bits per heavy atom. The van der Waals surface area contributed by atoms with E-state index in [0.29, 0.717) is 11.5 Å². The minimum atomic E-state index is -1.05. The fourth-order valence-corrected chi connectivity index (χ4v) is 4.33. The number of hydrogen-bond donors (Lipinski definition) is 4. The van der Waals surface area contributed by atoms with Gasteiger partial charge in [0.15, 0.2) is 5.75 Å². The van der Waals surface area contributed by atoms with E-state index in [0.717, 1.165) is 0 Å². The summed E-state index contributed by atoms with van der Waals surface area (Å²) >= 11 is 0. The summed E-state index contributed by atoms with van der Waals surface area (Å²) in [6, 6.07) is 7.36. The van der Waals surface area contributed by atoms with Gasteiger partial charge in [-0.05, 0) is 31.2 Å². The van der Waals surface area contributed by atoms with Crippen LogP contribution in [0.1, 0.15) is 34.8 Å². The maximum atomic E-state index is 12.5. The maximum Gasteiger partial charge on any atom is 0.407 e. The molecule has 0 radical (unpaired) electrons. The molecule has 3 aromatic rings. The number of anilines is 3. The summed E-state index contributed by atoms with van der Waals surface area (Å²) in [6.45, 7) is 4.03. The lowest BCUT2D eigenvalue weighted by Gasteiger charge is -2.50. The van der Waals surface area contributed by atoms with E-state index in [2.05, 4.69) is 10.6 Å². The largest absolute Gasteiger partial charge is 0.505 e. The van der Waals surface area contributed by atoms with Crippen LogP contribution in [0.2, 0.25) is 0 Å². The number of aryl methyl sites for hydroxylation is 1. The van der Waals surface area contributed by atoms with Crippen LogP contribution in [0.3, 0.4) is 0 Å². The second-order valence-corrected chi connectivity index (χ2v) is 9.25. The first kappa shape index (κ1) is 23.9. The van der Waals surface area contributed by atoms with E-state index >= 15 is 0 Å². The Balaban J connectivity index is 1.66. The number of nitrogens with one attached hydrogen (secondary N) is 2. The predicted octanol–water partition coefficient (Wildman–Crippen LogP) is 2.49. The van der Waals surface area contributed by atoms with Crippen LogP contribution in [0.25, 0.3) is 0 Å². The van der Waals surface area contributed by atoms with Gasteiger partial charge in [-0.15, -0.1) is 0 Å². The lowest BCUT2D eigenvalue weighted by Crippen LogP contribution is -2.60. The van der Waals surface area contributed by atoms with Gasteiger partial charge in [-0.25, -0.2) is 4.79 Å². The molecule has 4 rings (SSSR count). The molecule has 184 valence electrons. The fraction of sp³-hybridized carbons (Fsp3) is 0.333. The fourth-order valence-electron chi connectivity index (χ4n) is 4.33. The Kier molecular flexibility index (Phi) is 5.79. The minimum absolute atomic E-state index is 0.00667. The molecular formula is C24H26N4O7. The number of rotatable bonds is 7. The molecule has 11 heteroatoms. The molecule has 1 unspecified atom stereocenters. The van der Waals surface area contributed by atoms with Gasteiger partial charge in [0.1, 0.15) is 22.9 Å². The van der Waals surface area contributed by atoms with Crippen molar-refractivity contribution in [1.82, 2.24) is 9.80 Å². The van der Waals surface area contributed by atoms with Crippen molar-refractivity contribution in [3.63, 3.8) is 0 Å². The molecule has 1 fully saturated rings. The summed E-state index contributed by atoms with van der Waals surface area (Å²) in [7, 11) is 3.09. The number of phenolic OH excluding ortho intramolecular Hbond substituents is 1. The number of nitrogens with zero attached hydrogens (tertiary/aromatic N) is 2. The highest BCUT2D eigenvalue weighted by molar-refractivity contribution is 5.99. The standard InChI is InChI=1S/C24H26N4O7/c1-12-8-9-15(35-12)21(24(2)10-28(11-24)23(33)34)26-17-16(19(30)20(17)31)25-14-7-5-6-13(18(14)29)22(32)27(3)4/h5-9,21,25-26,29H,10-11H2,1-4H3,(H,33,34). The van der Waals surface area contributed by atoms with Crippen LogP contribution < -0.4 is 21.5 Å². The molecule has 2 amide bonds. The summed E-state index contributed by atoms with van der Waals surface area (Å²) in [5.74, 6) is 0.353. The van der Waals surface area contributed by atoms with Gasteiger partial charge in [0.05, 0.1) is 17.3 Å². The number of aromatic hydroxyl groups is 1. The number of carboxylic acid groups (broad SMARTS) is 1. The number of carbonyl (C=O) groups is 2. The Labute approximate surface area is 200 Å². The number of benzene rings is 1. The number of furan rings is 1. The zero-order valence-corrected chi connectivity index (χ0v) is 19.7. The van der Waals surface area contributed by atoms with Crippen molar-refractivity contribution in [1.29, 1.82) is 0 Å². The van der Waals surface area contributed by atoms with Crippen molar-refractivity contribution in [2.24, 2.45) is 5.41 Å². The van der Waals surface area contributed by atoms with Gasteiger partial charge in [0, 0.05) is 32.6 Å². The molecule has 4 N–H and O–H groups in total. The highest BCUT2D eigenvalue weighted by atomic mass is 16.4. The third-order valence-electron chi connectivity index (χ3n) is 6.25. The first-order valence-electron chi connectivity index (χ1n) is 10.9. The van der Waals surface area contributed by atoms with E-state index in [9.17, 15) is 29.4 Å². The maximum absolute atomic E-state index is 12.5. The van der Waals surface area contributed by atoms with E-state index < -0.39 is 34.3 Å².